The zero-order chi connectivity index (χ0) is 38.6. The van der Waals surface area contributed by atoms with Gasteiger partial charge in [0.2, 0.25) is 5.88 Å². The van der Waals surface area contributed by atoms with Crippen LogP contribution in [0.3, 0.4) is 0 Å². The van der Waals surface area contributed by atoms with E-state index >= 15 is 13.2 Å². The molecule has 6 atom stereocenters. The van der Waals surface area contributed by atoms with Gasteiger partial charge in [0.05, 0.1) is 29.2 Å². The van der Waals surface area contributed by atoms with Crippen LogP contribution in [0.4, 0.5) is 28.2 Å². The molecule has 14 heteroatoms. The lowest BCUT2D eigenvalue weighted by atomic mass is 9.93. The van der Waals surface area contributed by atoms with Crippen LogP contribution in [-0.4, -0.2) is 105 Å². The van der Waals surface area contributed by atoms with E-state index in [0.29, 0.717) is 31.2 Å². The third-order valence-electron chi connectivity index (χ3n) is 11.6. The lowest BCUT2D eigenvalue weighted by Crippen LogP contribution is -2.66. The number of nitrogens with zero attached hydrogens (tertiary/aromatic N) is 6. The highest BCUT2D eigenvalue weighted by Crippen LogP contribution is 2.48. The fourth-order valence-corrected chi connectivity index (χ4v) is 9.57. The number of carbonyl (C=O) groups is 1. The number of hydrogen-bond donors (Lipinski definition) is 0. The summed E-state index contributed by atoms with van der Waals surface area (Å²) in [4.78, 5) is 33.3. The Labute approximate surface area is 315 Å². The van der Waals surface area contributed by atoms with Crippen LogP contribution < -0.4 is 14.4 Å². The van der Waals surface area contributed by atoms with Crippen molar-refractivity contribution in [3.05, 3.63) is 59.7 Å². The molecule has 1 amide bonds. The Balaban J connectivity index is 1.23. The molecule has 2 aromatic heterocycles. The Hall–Kier alpha value is -5.16. The maximum Gasteiger partial charge on any atom is 0.410 e. The summed E-state index contributed by atoms with van der Waals surface area (Å²) >= 11 is 0. The number of aromatic nitrogens is 3. The highest BCUT2D eigenvalue weighted by Gasteiger charge is 2.55. The van der Waals surface area contributed by atoms with Crippen LogP contribution in [0.15, 0.2) is 42.5 Å². The minimum Gasteiger partial charge on any atom is -0.469 e. The SMILES string of the molecule is C#Cc1c(F)ccc2cccc(-c3nc4c5c(nc(OCC67CC(=C)CN6C[C@H](F)C7)nc5c3F)N3CC5CCC(C3C(CF)O4)N5C(=O)OC(C)(C)C)c12. The molecule has 0 N–H and O–H groups in total. The van der Waals surface area contributed by atoms with Gasteiger partial charge in [-0.3, -0.25) is 9.80 Å². The Morgan fingerprint density at radius 1 is 1.13 bits per heavy atom. The summed E-state index contributed by atoms with van der Waals surface area (Å²) in [5, 5.41) is 0.908. The van der Waals surface area contributed by atoms with Crippen molar-refractivity contribution in [3.63, 3.8) is 0 Å². The van der Waals surface area contributed by atoms with Gasteiger partial charge in [-0.05, 0) is 51.5 Å². The van der Waals surface area contributed by atoms with Gasteiger partial charge in [-0.25, -0.2) is 27.3 Å². The Bertz CT molecular complexity index is 2330. The van der Waals surface area contributed by atoms with E-state index in [4.69, 9.17) is 25.6 Å². The number of halogens is 4. The van der Waals surface area contributed by atoms with Crippen molar-refractivity contribution < 1.29 is 36.6 Å². The van der Waals surface area contributed by atoms with Gasteiger partial charge >= 0.3 is 12.1 Å². The van der Waals surface area contributed by atoms with Crippen LogP contribution in [-0.2, 0) is 4.74 Å². The number of rotatable bonds is 5. The Kier molecular flexibility index (Phi) is 8.20. The van der Waals surface area contributed by atoms with Gasteiger partial charge in [0.1, 0.15) is 53.3 Å². The molecule has 4 aromatic rings. The lowest BCUT2D eigenvalue weighted by Gasteiger charge is -2.48. The number of terminal acetylenes is 1. The minimum atomic E-state index is -1.18. The van der Waals surface area contributed by atoms with Gasteiger partial charge in [0, 0.05) is 37.0 Å². The van der Waals surface area contributed by atoms with Crippen molar-refractivity contribution in [2.45, 2.75) is 88.0 Å². The largest absolute Gasteiger partial charge is 0.469 e. The van der Waals surface area contributed by atoms with Gasteiger partial charge in [-0.2, -0.15) is 9.97 Å². The number of carbonyl (C=O) groups excluding carboxylic acids is 1. The summed E-state index contributed by atoms with van der Waals surface area (Å²) in [7, 11) is 0. The fourth-order valence-electron chi connectivity index (χ4n) is 9.57. The maximum absolute atomic E-state index is 17.4. The third-order valence-corrected chi connectivity index (χ3v) is 11.6. The molecule has 0 saturated carbocycles. The van der Waals surface area contributed by atoms with Crippen LogP contribution in [0.5, 0.6) is 11.9 Å². The van der Waals surface area contributed by atoms with Crippen LogP contribution >= 0.6 is 0 Å². The third kappa shape index (κ3) is 5.64. The Morgan fingerprint density at radius 2 is 1.95 bits per heavy atom. The zero-order valence-electron chi connectivity index (χ0n) is 30.8. The van der Waals surface area contributed by atoms with Crippen molar-refractivity contribution in [1.29, 1.82) is 0 Å². The fraction of sp³-hybridized carbons (Fsp3) is 0.463. The predicted molar refractivity (Wildman–Crippen MR) is 198 cm³/mol. The van der Waals surface area contributed by atoms with Crippen LogP contribution in [0.25, 0.3) is 32.9 Å². The maximum atomic E-state index is 17.4. The van der Waals surface area contributed by atoms with Crippen LogP contribution in [0, 0.1) is 24.0 Å². The smallest absolute Gasteiger partial charge is 0.410 e. The second kappa shape index (κ2) is 12.7. The predicted octanol–water partition coefficient (Wildman–Crippen LogP) is 6.91. The minimum absolute atomic E-state index is 0.0165. The van der Waals surface area contributed by atoms with Gasteiger partial charge in [0.15, 0.2) is 11.9 Å². The van der Waals surface area contributed by atoms with E-state index in [0.717, 1.165) is 5.57 Å². The molecular weight excluding hydrogens is 716 g/mol. The van der Waals surface area contributed by atoms with Crippen LogP contribution in [0.2, 0.25) is 0 Å². The van der Waals surface area contributed by atoms with Gasteiger partial charge < -0.3 is 19.1 Å². The average molecular weight is 757 g/mol. The Morgan fingerprint density at radius 3 is 2.71 bits per heavy atom. The topological polar surface area (TPSA) is 93.2 Å². The van der Waals surface area contributed by atoms with E-state index in [9.17, 15) is 9.18 Å². The van der Waals surface area contributed by atoms with Crippen molar-refractivity contribution in [2.24, 2.45) is 0 Å². The molecule has 0 aliphatic carbocycles. The van der Waals surface area contributed by atoms with E-state index in [2.05, 4.69) is 22.5 Å². The number of pyridine rings is 1. The first-order valence-corrected chi connectivity index (χ1v) is 18.6. The standard InChI is InChI=1S/C41H40F4N6O4/c1-6-25-27(44)12-10-22-8-7-9-26(30(22)25)33-32(45)34-31-36(48-38(47-34)53-20-41-14-21(2)17-49(41)18-23(43)15-41)50-19-24-11-13-28(51(24)39(52)55-40(3,4)5)35(50)29(16-42)54-37(31)46-33/h1,7-10,12,23-24,28-29,35H,2,11,13-20H2,3-5H3/t23-,24?,28?,29?,35?,41?/m1/s1. The molecule has 55 heavy (non-hydrogen) atoms. The molecule has 2 aromatic carbocycles. The number of amides is 1. The van der Waals surface area contributed by atoms with Gasteiger partial charge in [-0.1, -0.05) is 42.3 Å². The molecular formula is C41H40F4N6O4. The molecule has 4 fully saturated rings. The number of ether oxygens (including phenoxy) is 3. The van der Waals surface area contributed by atoms with Crippen molar-refractivity contribution in [3.8, 4) is 35.5 Å². The zero-order valence-corrected chi connectivity index (χ0v) is 30.8. The molecule has 0 radical (unpaired) electrons. The highest BCUT2D eigenvalue weighted by atomic mass is 19.1. The monoisotopic (exact) mass is 756 g/mol. The number of fused-ring (bicyclic) bond motifs is 7. The molecule has 5 unspecified atom stereocenters. The number of anilines is 1. The number of hydrogen-bond acceptors (Lipinski definition) is 9. The van der Waals surface area contributed by atoms with Gasteiger partial charge in [0.25, 0.3) is 0 Å². The normalized spacial score (nSPS) is 27.2. The first-order valence-electron chi connectivity index (χ1n) is 18.6. The summed E-state index contributed by atoms with van der Waals surface area (Å²) in [6.07, 6.45) is 4.96. The van der Waals surface area contributed by atoms with E-state index in [-0.39, 0.29) is 83.0 Å². The van der Waals surface area contributed by atoms with E-state index < -0.39 is 59.9 Å². The van der Waals surface area contributed by atoms with Crippen LogP contribution in [0.1, 0.15) is 52.0 Å². The summed E-state index contributed by atoms with van der Waals surface area (Å²) in [6.45, 7) is 9.53. The van der Waals surface area contributed by atoms with E-state index in [1.54, 1.807) is 49.9 Å². The molecule has 0 spiro atoms. The molecule has 5 aliphatic rings. The van der Waals surface area contributed by atoms with Crippen molar-refractivity contribution in [1.82, 2.24) is 24.8 Å². The van der Waals surface area contributed by atoms with Crippen molar-refractivity contribution >= 4 is 33.6 Å². The van der Waals surface area contributed by atoms with E-state index in [1.807, 2.05) is 9.80 Å². The second-order valence-corrected chi connectivity index (χ2v) is 16.4. The van der Waals surface area contributed by atoms with Crippen molar-refractivity contribution in [2.75, 3.05) is 37.8 Å². The van der Waals surface area contributed by atoms with Gasteiger partial charge in [-0.15, -0.1) is 6.42 Å². The molecule has 10 nitrogen and oxygen atoms in total. The molecule has 7 heterocycles. The number of alkyl halides is 2. The number of benzene rings is 2. The summed E-state index contributed by atoms with van der Waals surface area (Å²) in [6, 6.07) is 5.94. The molecule has 4 saturated heterocycles. The first-order chi connectivity index (χ1) is 26.3. The molecule has 286 valence electrons. The second-order valence-electron chi connectivity index (χ2n) is 16.4. The molecule has 2 bridgehead atoms. The summed E-state index contributed by atoms with van der Waals surface area (Å²) in [5.41, 5.74) is -0.823. The lowest BCUT2D eigenvalue weighted by molar-refractivity contribution is -0.00225. The average Bonchev–Trinajstić information content (AvgIpc) is 3.70. The first kappa shape index (κ1) is 35.5. The highest BCUT2D eigenvalue weighted by molar-refractivity contribution is 6.03. The molecule has 5 aliphatic heterocycles. The summed E-state index contributed by atoms with van der Waals surface area (Å²) in [5.74, 6) is 0.936. The summed E-state index contributed by atoms with van der Waals surface area (Å²) < 4.78 is 81.2. The molecule has 9 rings (SSSR count). The number of piperazine rings is 1. The quantitative estimate of drug-likeness (QED) is 0.122. The van der Waals surface area contributed by atoms with E-state index in [1.165, 1.54) is 6.07 Å².